The van der Waals surface area contributed by atoms with E-state index in [4.69, 9.17) is 0 Å². The summed E-state index contributed by atoms with van der Waals surface area (Å²) in [6.07, 6.45) is 5.86. The fourth-order valence-corrected chi connectivity index (χ4v) is 3.22. The number of hydrogen-bond acceptors (Lipinski definition) is 3. The second-order valence-electron chi connectivity index (χ2n) is 6.59. The van der Waals surface area contributed by atoms with E-state index in [0.29, 0.717) is 12.2 Å². The summed E-state index contributed by atoms with van der Waals surface area (Å²) in [5.74, 6) is -0.388. The monoisotopic (exact) mass is 360 g/mol. The molecule has 1 amide bonds. The molecular weight excluding hydrogens is 340 g/mol. The van der Waals surface area contributed by atoms with Crippen molar-refractivity contribution in [3.05, 3.63) is 82.5 Å². The minimum absolute atomic E-state index is 0.0597. The third-order valence-electron chi connectivity index (χ3n) is 4.64. The molecule has 3 heterocycles. The van der Waals surface area contributed by atoms with Crippen molar-refractivity contribution in [2.75, 3.05) is 6.54 Å². The highest BCUT2D eigenvalue weighted by atomic mass is 16.2. The smallest absolute Gasteiger partial charge is 0.270 e. The molecule has 3 aromatic heterocycles. The van der Waals surface area contributed by atoms with Gasteiger partial charge in [-0.3, -0.25) is 14.0 Å². The molecule has 0 aliphatic rings. The molecule has 0 atom stereocenters. The fourth-order valence-electron chi connectivity index (χ4n) is 3.22. The lowest BCUT2D eigenvalue weighted by Gasteiger charge is -2.08. The highest BCUT2D eigenvalue weighted by molar-refractivity contribution is 5.93. The molecule has 1 N–H and O–H groups in total. The first kappa shape index (κ1) is 17.0. The van der Waals surface area contributed by atoms with Crippen LogP contribution in [-0.4, -0.2) is 26.4 Å². The Hall–Kier alpha value is -3.41. The number of nitrogens with one attached hydrogen (secondary N) is 1. The van der Waals surface area contributed by atoms with Gasteiger partial charge in [0.1, 0.15) is 11.2 Å². The molecule has 6 heteroatoms. The van der Waals surface area contributed by atoms with Gasteiger partial charge in [-0.25, -0.2) is 4.98 Å². The third kappa shape index (κ3) is 3.33. The van der Waals surface area contributed by atoms with E-state index in [1.807, 2.05) is 25.1 Å². The maximum Gasteiger partial charge on any atom is 0.270 e. The number of nitrogens with zero attached hydrogens (tertiary/aromatic N) is 3. The topological polar surface area (TPSA) is 68.4 Å². The van der Waals surface area contributed by atoms with Gasteiger partial charge in [-0.05, 0) is 42.5 Å². The van der Waals surface area contributed by atoms with Crippen LogP contribution in [0.2, 0.25) is 0 Å². The Morgan fingerprint density at radius 2 is 2.00 bits per heavy atom. The van der Waals surface area contributed by atoms with Crippen molar-refractivity contribution >= 4 is 22.5 Å². The van der Waals surface area contributed by atoms with Crippen molar-refractivity contribution in [2.24, 2.45) is 0 Å². The van der Waals surface area contributed by atoms with Crippen molar-refractivity contribution in [1.82, 2.24) is 19.3 Å². The van der Waals surface area contributed by atoms with Gasteiger partial charge in [-0.2, -0.15) is 0 Å². The van der Waals surface area contributed by atoms with Crippen LogP contribution in [0, 0.1) is 6.92 Å². The molecule has 0 aliphatic carbocycles. The van der Waals surface area contributed by atoms with Crippen LogP contribution in [0.1, 0.15) is 22.3 Å². The van der Waals surface area contributed by atoms with E-state index in [0.717, 1.165) is 18.5 Å². The van der Waals surface area contributed by atoms with Crippen LogP contribution >= 0.6 is 0 Å². The molecule has 136 valence electrons. The first-order chi connectivity index (χ1) is 13.1. The Bertz CT molecular complexity index is 1190. The first-order valence-electron chi connectivity index (χ1n) is 8.93. The molecule has 0 aliphatic heterocycles. The van der Waals surface area contributed by atoms with Crippen LogP contribution in [0.25, 0.3) is 16.6 Å². The third-order valence-corrected chi connectivity index (χ3v) is 4.64. The minimum Gasteiger partial charge on any atom is -0.352 e. The first-order valence-corrected chi connectivity index (χ1v) is 8.93. The molecule has 27 heavy (non-hydrogen) atoms. The van der Waals surface area contributed by atoms with Crippen LogP contribution in [-0.2, 0) is 6.54 Å². The summed E-state index contributed by atoms with van der Waals surface area (Å²) in [7, 11) is 0. The summed E-state index contributed by atoms with van der Waals surface area (Å²) in [5.41, 5.74) is 2.35. The molecule has 1 aromatic carbocycles. The van der Waals surface area contributed by atoms with Gasteiger partial charge in [-0.1, -0.05) is 24.3 Å². The number of pyridine rings is 1. The Balaban J connectivity index is 1.42. The van der Waals surface area contributed by atoms with Crippen molar-refractivity contribution < 1.29 is 4.79 Å². The molecule has 0 bridgehead atoms. The minimum atomic E-state index is -0.388. The maximum absolute atomic E-state index is 12.5. The number of para-hydroxylation sites is 1. The van der Waals surface area contributed by atoms with Gasteiger partial charge in [0, 0.05) is 37.2 Å². The van der Waals surface area contributed by atoms with Crippen molar-refractivity contribution in [1.29, 1.82) is 0 Å². The lowest BCUT2D eigenvalue weighted by Crippen LogP contribution is -2.32. The van der Waals surface area contributed by atoms with Crippen LogP contribution in [0.5, 0.6) is 0 Å². The van der Waals surface area contributed by atoms with E-state index >= 15 is 0 Å². The van der Waals surface area contributed by atoms with Crippen LogP contribution in [0.15, 0.2) is 65.8 Å². The van der Waals surface area contributed by atoms with Crippen LogP contribution < -0.4 is 10.9 Å². The lowest BCUT2D eigenvalue weighted by atomic mass is 10.2. The number of aryl methyl sites for hydroxylation is 2. The van der Waals surface area contributed by atoms with Crippen molar-refractivity contribution in [3.63, 3.8) is 0 Å². The van der Waals surface area contributed by atoms with Gasteiger partial charge >= 0.3 is 0 Å². The number of hydrogen-bond donors (Lipinski definition) is 1. The molecule has 4 rings (SSSR count). The van der Waals surface area contributed by atoms with E-state index in [-0.39, 0.29) is 17.0 Å². The summed E-state index contributed by atoms with van der Waals surface area (Å²) < 4.78 is 3.58. The molecule has 0 fully saturated rings. The summed E-state index contributed by atoms with van der Waals surface area (Å²) in [6.45, 7) is 3.17. The number of carbonyl (C=O) groups excluding carboxylic acids is 1. The largest absolute Gasteiger partial charge is 0.352 e. The van der Waals surface area contributed by atoms with E-state index in [1.54, 1.807) is 12.3 Å². The van der Waals surface area contributed by atoms with E-state index in [9.17, 15) is 9.59 Å². The number of amides is 1. The number of fused-ring (bicyclic) bond motifs is 2. The predicted molar refractivity (Wildman–Crippen MR) is 105 cm³/mol. The molecule has 0 saturated carbocycles. The summed E-state index contributed by atoms with van der Waals surface area (Å²) >= 11 is 0. The van der Waals surface area contributed by atoms with E-state index < -0.39 is 0 Å². The highest BCUT2D eigenvalue weighted by Gasteiger charge is 2.12. The lowest BCUT2D eigenvalue weighted by molar-refractivity contribution is 0.0950. The number of aromatic nitrogens is 3. The SMILES string of the molecule is Cc1ccc2ncc(C(=O)NCCCn3ccc4ccccc43)c(=O)n2c1. The number of benzene rings is 1. The Labute approximate surface area is 156 Å². The van der Waals surface area contributed by atoms with Crippen molar-refractivity contribution in [2.45, 2.75) is 19.9 Å². The predicted octanol–water partition coefficient (Wildman–Crippen LogP) is 2.78. The normalized spacial score (nSPS) is 11.1. The molecule has 0 radical (unpaired) electrons. The molecule has 0 saturated heterocycles. The van der Waals surface area contributed by atoms with Gasteiger partial charge in [0.05, 0.1) is 0 Å². The zero-order valence-corrected chi connectivity index (χ0v) is 15.1. The fraction of sp³-hybridized carbons (Fsp3) is 0.190. The molecule has 6 nitrogen and oxygen atoms in total. The molecule has 0 spiro atoms. The van der Waals surface area contributed by atoms with E-state index in [1.165, 1.54) is 21.5 Å². The average molecular weight is 360 g/mol. The molecule has 0 unspecified atom stereocenters. The second kappa shape index (κ2) is 7.07. The van der Waals surface area contributed by atoms with Gasteiger partial charge in [0.2, 0.25) is 0 Å². The molecule has 4 aromatic rings. The standard InChI is InChI=1S/C21H20N4O2/c1-15-7-8-19-23-13-17(21(27)25(19)14-15)20(26)22-10-4-11-24-12-9-16-5-2-3-6-18(16)24/h2-3,5-9,12-14H,4,10-11H2,1H3,(H,22,26). The Morgan fingerprint density at radius 3 is 2.89 bits per heavy atom. The zero-order chi connectivity index (χ0) is 18.8. The quantitative estimate of drug-likeness (QED) is 0.557. The summed E-state index contributed by atoms with van der Waals surface area (Å²) in [5, 5.41) is 4.03. The Morgan fingerprint density at radius 1 is 1.15 bits per heavy atom. The Kier molecular flexibility index (Phi) is 4.46. The second-order valence-corrected chi connectivity index (χ2v) is 6.59. The number of carbonyl (C=O) groups is 1. The van der Waals surface area contributed by atoms with E-state index in [2.05, 4.69) is 39.3 Å². The van der Waals surface area contributed by atoms with Gasteiger partial charge in [-0.15, -0.1) is 0 Å². The summed E-state index contributed by atoms with van der Waals surface area (Å²) in [4.78, 5) is 29.1. The van der Waals surface area contributed by atoms with Crippen LogP contribution in [0.3, 0.4) is 0 Å². The molecular formula is C21H20N4O2. The summed E-state index contributed by atoms with van der Waals surface area (Å²) in [6, 6.07) is 13.9. The highest BCUT2D eigenvalue weighted by Crippen LogP contribution is 2.15. The average Bonchev–Trinajstić information content (AvgIpc) is 3.09. The van der Waals surface area contributed by atoms with Gasteiger partial charge in [0.25, 0.3) is 11.5 Å². The maximum atomic E-state index is 12.5. The van der Waals surface area contributed by atoms with Gasteiger partial charge < -0.3 is 9.88 Å². The number of rotatable bonds is 5. The zero-order valence-electron chi connectivity index (χ0n) is 15.1. The van der Waals surface area contributed by atoms with Gasteiger partial charge in [0.15, 0.2) is 0 Å². The van der Waals surface area contributed by atoms with Crippen LogP contribution in [0.4, 0.5) is 0 Å². The van der Waals surface area contributed by atoms with Crippen molar-refractivity contribution in [3.8, 4) is 0 Å².